The summed E-state index contributed by atoms with van der Waals surface area (Å²) in [5.41, 5.74) is 0.737. The Morgan fingerprint density at radius 2 is 1.87 bits per heavy atom. The van der Waals surface area contributed by atoms with E-state index < -0.39 is 23.5 Å². The highest BCUT2D eigenvalue weighted by atomic mass is 16.5. The first-order valence-electron chi connectivity index (χ1n) is 10.5. The fraction of sp³-hybridized carbons (Fsp3) is 0.417. The number of nitrogens with zero attached hydrogens (tertiary/aromatic N) is 1. The lowest BCUT2D eigenvalue weighted by Crippen LogP contribution is -2.32. The molecule has 0 saturated carbocycles. The van der Waals surface area contributed by atoms with E-state index in [1.165, 1.54) is 4.90 Å². The number of aliphatic hydroxyl groups is 1. The first-order chi connectivity index (χ1) is 15.0. The average molecular weight is 427 g/mol. The molecule has 0 saturated heterocycles. The number of aliphatic hydroxyl groups excluding tert-OH is 1. The van der Waals surface area contributed by atoms with Crippen LogP contribution >= 0.6 is 0 Å². The fourth-order valence-electron chi connectivity index (χ4n) is 3.61. The molecule has 0 bridgehead atoms. The molecule has 3 rings (SSSR count). The van der Waals surface area contributed by atoms with E-state index in [1.54, 1.807) is 26.2 Å². The van der Waals surface area contributed by atoms with Crippen molar-refractivity contribution in [2.24, 2.45) is 0 Å². The SMILES string of the molecule is CCCCOc1ccc(C2C(C(=O)c3ccc(C)o3)=C(O)C(=O)N2CCCOC)cc1. The molecule has 0 aliphatic carbocycles. The third-order valence-corrected chi connectivity index (χ3v) is 5.22. The summed E-state index contributed by atoms with van der Waals surface area (Å²) in [5, 5.41) is 10.6. The van der Waals surface area contributed by atoms with E-state index >= 15 is 0 Å². The predicted molar refractivity (Wildman–Crippen MR) is 115 cm³/mol. The number of rotatable bonds is 11. The van der Waals surface area contributed by atoms with Crippen LogP contribution in [-0.4, -0.2) is 48.6 Å². The smallest absolute Gasteiger partial charge is 0.290 e. The van der Waals surface area contributed by atoms with Crippen molar-refractivity contribution < 1.29 is 28.6 Å². The number of amides is 1. The zero-order valence-electron chi connectivity index (χ0n) is 18.2. The van der Waals surface area contributed by atoms with E-state index in [2.05, 4.69) is 6.92 Å². The molecule has 1 atom stereocenters. The largest absolute Gasteiger partial charge is 0.503 e. The number of methoxy groups -OCH3 is 1. The van der Waals surface area contributed by atoms with Gasteiger partial charge < -0.3 is 23.9 Å². The van der Waals surface area contributed by atoms with Crippen molar-refractivity contribution in [3.63, 3.8) is 0 Å². The van der Waals surface area contributed by atoms with Crippen LogP contribution in [0.4, 0.5) is 0 Å². The standard InChI is InChI=1S/C24H29NO6/c1-4-5-15-30-18-10-8-17(9-11-18)21-20(22(26)19-12-7-16(2)31-19)23(27)24(28)25(21)13-6-14-29-3/h7-12,21,27H,4-6,13-15H2,1-3H3. The zero-order chi connectivity index (χ0) is 22.4. The van der Waals surface area contributed by atoms with Gasteiger partial charge in [-0.1, -0.05) is 25.5 Å². The van der Waals surface area contributed by atoms with Gasteiger partial charge in [-0.15, -0.1) is 0 Å². The summed E-state index contributed by atoms with van der Waals surface area (Å²) in [6, 6.07) is 9.79. The van der Waals surface area contributed by atoms with E-state index in [-0.39, 0.29) is 11.3 Å². The summed E-state index contributed by atoms with van der Waals surface area (Å²) in [6.45, 7) is 5.26. The number of ketones is 1. The summed E-state index contributed by atoms with van der Waals surface area (Å²) in [4.78, 5) is 27.5. The van der Waals surface area contributed by atoms with Crippen molar-refractivity contribution in [1.29, 1.82) is 0 Å². The van der Waals surface area contributed by atoms with Crippen molar-refractivity contribution in [2.45, 2.75) is 39.2 Å². The average Bonchev–Trinajstić information content (AvgIpc) is 3.31. The Kier molecular flexibility index (Phi) is 7.52. The molecule has 0 fully saturated rings. The number of hydrogen-bond donors (Lipinski definition) is 1. The van der Waals surface area contributed by atoms with Crippen molar-refractivity contribution in [3.8, 4) is 5.75 Å². The number of hydrogen-bond acceptors (Lipinski definition) is 6. The second kappa shape index (κ2) is 10.3. The summed E-state index contributed by atoms with van der Waals surface area (Å²) in [7, 11) is 1.59. The van der Waals surface area contributed by atoms with E-state index in [0.717, 1.165) is 18.6 Å². The van der Waals surface area contributed by atoms with E-state index in [1.807, 2.05) is 24.3 Å². The highest BCUT2D eigenvalue weighted by Gasteiger charge is 2.44. The Labute approximate surface area is 182 Å². The molecule has 1 aromatic heterocycles. The predicted octanol–water partition coefficient (Wildman–Crippen LogP) is 4.38. The van der Waals surface area contributed by atoms with Gasteiger partial charge in [-0.05, 0) is 49.6 Å². The zero-order valence-corrected chi connectivity index (χ0v) is 18.2. The molecule has 166 valence electrons. The van der Waals surface area contributed by atoms with Crippen LogP contribution in [0.5, 0.6) is 5.75 Å². The second-order valence-electron chi connectivity index (χ2n) is 7.52. The third-order valence-electron chi connectivity index (χ3n) is 5.22. The van der Waals surface area contributed by atoms with Gasteiger partial charge in [0, 0.05) is 20.3 Å². The summed E-state index contributed by atoms with van der Waals surface area (Å²) < 4.78 is 16.3. The van der Waals surface area contributed by atoms with Crippen LogP contribution in [0, 0.1) is 6.92 Å². The van der Waals surface area contributed by atoms with Gasteiger partial charge in [0.2, 0.25) is 5.78 Å². The Morgan fingerprint density at radius 3 is 2.48 bits per heavy atom. The number of furan rings is 1. The van der Waals surface area contributed by atoms with Crippen LogP contribution in [0.1, 0.15) is 54.1 Å². The number of unbranched alkanes of at least 4 members (excludes halogenated alkanes) is 1. The monoisotopic (exact) mass is 427 g/mol. The van der Waals surface area contributed by atoms with Gasteiger partial charge in [-0.3, -0.25) is 9.59 Å². The van der Waals surface area contributed by atoms with Crippen LogP contribution in [-0.2, 0) is 9.53 Å². The van der Waals surface area contributed by atoms with Gasteiger partial charge in [0.25, 0.3) is 5.91 Å². The van der Waals surface area contributed by atoms with Gasteiger partial charge in [-0.2, -0.15) is 0 Å². The normalized spacial score (nSPS) is 16.3. The Balaban J connectivity index is 1.93. The van der Waals surface area contributed by atoms with Crippen molar-refractivity contribution >= 4 is 11.7 Å². The molecule has 1 aliphatic heterocycles. The van der Waals surface area contributed by atoms with E-state index in [9.17, 15) is 14.7 Å². The molecule has 7 heteroatoms. The Bertz CT molecular complexity index is 943. The molecular formula is C24H29NO6. The number of carbonyl (C=O) groups is 2. The van der Waals surface area contributed by atoms with Gasteiger partial charge in [-0.25, -0.2) is 0 Å². The Morgan fingerprint density at radius 1 is 1.13 bits per heavy atom. The first-order valence-corrected chi connectivity index (χ1v) is 10.5. The minimum atomic E-state index is -0.716. The maximum Gasteiger partial charge on any atom is 0.290 e. The van der Waals surface area contributed by atoms with Crippen molar-refractivity contribution in [3.05, 3.63) is 64.8 Å². The van der Waals surface area contributed by atoms with Gasteiger partial charge >= 0.3 is 0 Å². The van der Waals surface area contributed by atoms with Crippen LogP contribution in [0.2, 0.25) is 0 Å². The van der Waals surface area contributed by atoms with E-state index in [4.69, 9.17) is 13.9 Å². The highest BCUT2D eigenvalue weighted by molar-refractivity contribution is 6.15. The van der Waals surface area contributed by atoms with Crippen molar-refractivity contribution in [2.75, 3.05) is 26.9 Å². The number of benzene rings is 1. The maximum absolute atomic E-state index is 13.2. The molecule has 31 heavy (non-hydrogen) atoms. The molecule has 0 spiro atoms. The number of ether oxygens (including phenoxy) is 2. The van der Waals surface area contributed by atoms with E-state index in [0.29, 0.717) is 37.5 Å². The van der Waals surface area contributed by atoms with Gasteiger partial charge in [0.05, 0.1) is 18.2 Å². The molecule has 1 aliphatic rings. The van der Waals surface area contributed by atoms with Gasteiger partial charge in [0.15, 0.2) is 11.5 Å². The summed E-state index contributed by atoms with van der Waals surface area (Å²) in [5.74, 6) is -0.220. The fourth-order valence-corrected chi connectivity index (χ4v) is 3.61. The molecular weight excluding hydrogens is 398 g/mol. The summed E-state index contributed by atoms with van der Waals surface area (Å²) >= 11 is 0. The minimum Gasteiger partial charge on any atom is -0.503 e. The molecule has 1 amide bonds. The van der Waals surface area contributed by atoms with Crippen LogP contribution in [0.3, 0.4) is 0 Å². The lowest BCUT2D eigenvalue weighted by Gasteiger charge is -2.26. The Hall–Kier alpha value is -3.06. The molecule has 1 unspecified atom stereocenters. The second-order valence-corrected chi connectivity index (χ2v) is 7.52. The topological polar surface area (TPSA) is 89.2 Å². The molecule has 2 heterocycles. The quantitative estimate of drug-likeness (QED) is 0.423. The summed E-state index contributed by atoms with van der Waals surface area (Å²) in [6.07, 6.45) is 2.58. The van der Waals surface area contributed by atoms with Crippen LogP contribution in [0.25, 0.3) is 0 Å². The number of Topliss-reactive ketones (excluding diaryl/α,β-unsaturated/α-hetero) is 1. The molecule has 1 aromatic carbocycles. The lowest BCUT2D eigenvalue weighted by atomic mass is 9.95. The number of carbonyl (C=O) groups excluding carboxylic acids is 2. The van der Waals surface area contributed by atoms with Crippen LogP contribution < -0.4 is 4.74 Å². The lowest BCUT2D eigenvalue weighted by molar-refractivity contribution is -0.129. The molecule has 1 N–H and O–H groups in total. The minimum absolute atomic E-state index is 0.0245. The third kappa shape index (κ3) is 4.99. The maximum atomic E-state index is 13.2. The van der Waals surface area contributed by atoms with Crippen LogP contribution in [0.15, 0.2) is 52.1 Å². The van der Waals surface area contributed by atoms with Crippen molar-refractivity contribution in [1.82, 2.24) is 4.90 Å². The molecule has 2 aromatic rings. The molecule has 0 radical (unpaired) electrons. The molecule has 7 nitrogen and oxygen atoms in total. The highest BCUT2D eigenvalue weighted by Crippen LogP contribution is 2.39. The number of aryl methyl sites for hydroxylation is 1. The first kappa shape index (κ1) is 22.6. The van der Waals surface area contributed by atoms with Gasteiger partial charge in [0.1, 0.15) is 11.5 Å².